The summed E-state index contributed by atoms with van der Waals surface area (Å²) in [6.07, 6.45) is 4.55. The Morgan fingerprint density at radius 3 is 2.57 bits per heavy atom. The van der Waals surface area contributed by atoms with E-state index in [0.717, 1.165) is 12.8 Å². The first-order chi connectivity index (χ1) is 6.43. The van der Waals surface area contributed by atoms with Gasteiger partial charge in [-0.15, -0.1) is 0 Å². The van der Waals surface area contributed by atoms with Gasteiger partial charge < -0.3 is 10.4 Å². The monoisotopic (exact) mass is 199 g/mol. The van der Waals surface area contributed by atoms with E-state index in [9.17, 15) is 5.11 Å². The summed E-state index contributed by atoms with van der Waals surface area (Å²) >= 11 is 0. The Bertz CT molecular complexity index is 177. The highest BCUT2D eigenvalue weighted by molar-refractivity contribution is 4.90. The second-order valence-corrected chi connectivity index (χ2v) is 5.32. The van der Waals surface area contributed by atoms with E-state index < -0.39 is 5.60 Å². The van der Waals surface area contributed by atoms with Crippen LogP contribution in [0.3, 0.4) is 0 Å². The van der Waals surface area contributed by atoms with E-state index in [1.807, 2.05) is 6.92 Å². The number of hydrogen-bond donors (Lipinski definition) is 2. The maximum Gasteiger partial charge on any atom is 0.0660 e. The average molecular weight is 199 g/mol. The predicted octanol–water partition coefficient (Wildman–Crippen LogP) is 2.31. The van der Waals surface area contributed by atoms with Crippen molar-refractivity contribution in [1.82, 2.24) is 5.32 Å². The van der Waals surface area contributed by atoms with Crippen LogP contribution in [0.2, 0.25) is 0 Å². The SMILES string of the molecule is CC(C)N[C@H]1CCCC[C@](C)(O)C1C. The van der Waals surface area contributed by atoms with Crippen LogP contribution in [0.15, 0.2) is 0 Å². The van der Waals surface area contributed by atoms with Crippen molar-refractivity contribution in [1.29, 1.82) is 0 Å². The van der Waals surface area contributed by atoms with E-state index in [1.165, 1.54) is 12.8 Å². The maximum absolute atomic E-state index is 10.3. The van der Waals surface area contributed by atoms with Crippen molar-refractivity contribution in [3.8, 4) is 0 Å². The topological polar surface area (TPSA) is 32.3 Å². The Balaban J connectivity index is 2.64. The van der Waals surface area contributed by atoms with E-state index in [0.29, 0.717) is 18.0 Å². The molecule has 14 heavy (non-hydrogen) atoms. The fraction of sp³-hybridized carbons (Fsp3) is 1.00. The van der Waals surface area contributed by atoms with Crippen LogP contribution in [0.1, 0.15) is 53.4 Å². The Morgan fingerprint density at radius 1 is 1.36 bits per heavy atom. The fourth-order valence-electron chi connectivity index (χ4n) is 2.41. The minimum Gasteiger partial charge on any atom is -0.390 e. The summed E-state index contributed by atoms with van der Waals surface area (Å²) in [5, 5.41) is 13.8. The summed E-state index contributed by atoms with van der Waals surface area (Å²) in [6.45, 7) is 8.50. The van der Waals surface area contributed by atoms with Crippen LogP contribution in [0, 0.1) is 5.92 Å². The molecule has 0 heterocycles. The second-order valence-electron chi connectivity index (χ2n) is 5.32. The van der Waals surface area contributed by atoms with E-state index >= 15 is 0 Å². The molecule has 0 aromatic carbocycles. The molecule has 1 aliphatic carbocycles. The molecule has 1 aliphatic rings. The molecule has 3 atom stereocenters. The molecule has 1 rings (SSSR count). The molecule has 2 N–H and O–H groups in total. The molecule has 0 aromatic heterocycles. The smallest absolute Gasteiger partial charge is 0.0660 e. The van der Waals surface area contributed by atoms with Gasteiger partial charge >= 0.3 is 0 Å². The van der Waals surface area contributed by atoms with Crippen LogP contribution in [-0.4, -0.2) is 22.8 Å². The highest BCUT2D eigenvalue weighted by Crippen LogP contribution is 2.32. The largest absolute Gasteiger partial charge is 0.390 e. The third kappa shape index (κ3) is 2.96. The van der Waals surface area contributed by atoms with Crippen LogP contribution in [0.25, 0.3) is 0 Å². The van der Waals surface area contributed by atoms with Gasteiger partial charge in [-0.05, 0) is 25.7 Å². The lowest BCUT2D eigenvalue weighted by Gasteiger charge is -2.35. The molecule has 0 bridgehead atoms. The van der Waals surface area contributed by atoms with Crippen LogP contribution in [-0.2, 0) is 0 Å². The Kier molecular flexibility index (Phi) is 3.96. The first-order valence-electron chi connectivity index (χ1n) is 5.92. The molecule has 0 aromatic rings. The quantitative estimate of drug-likeness (QED) is 0.669. The van der Waals surface area contributed by atoms with Crippen LogP contribution < -0.4 is 5.32 Å². The van der Waals surface area contributed by atoms with Crippen molar-refractivity contribution in [2.45, 2.75) is 71.1 Å². The molecule has 84 valence electrons. The molecule has 0 amide bonds. The normalized spacial score (nSPS) is 39.9. The van der Waals surface area contributed by atoms with Gasteiger partial charge in [0.15, 0.2) is 0 Å². The minimum atomic E-state index is -0.483. The van der Waals surface area contributed by atoms with E-state index in [2.05, 4.69) is 26.1 Å². The van der Waals surface area contributed by atoms with Gasteiger partial charge in [0.05, 0.1) is 5.60 Å². The summed E-state index contributed by atoms with van der Waals surface area (Å²) in [6, 6.07) is 0.990. The van der Waals surface area contributed by atoms with Crippen LogP contribution in [0.5, 0.6) is 0 Å². The summed E-state index contributed by atoms with van der Waals surface area (Å²) in [7, 11) is 0. The number of hydrogen-bond acceptors (Lipinski definition) is 2. The Morgan fingerprint density at radius 2 is 2.00 bits per heavy atom. The lowest BCUT2D eigenvalue weighted by Crippen LogP contribution is -2.47. The lowest BCUT2D eigenvalue weighted by molar-refractivity contribution is -0.0112. The molecule has 1 fully saturated rings. The van der Waals surface area contributed by atoms with Gasteiger partial charge in [-0.1, -0.05) is 33.6 Å². The van der Waals surface area contributed by atoms with Crippen molar-refractivity contribution in [3.63, 3.8) is 0 Å². The van der Waals surface area contributed by atoms with Crippen molar-refractivity contribution >= 4 is 0 Å². The molecule has 1 unspecified atom stereocenters. The first-order valence-corrected chi connectivity index (χ1v) is 5.92. The van der Waals surface area contributed by atoms with E-state index in [-0.39, 0.29) is 0 Å². The zero-order valence-corrected chi connectivity index (χ0v) is 10.0. The predicted molar refractivity (Wildman–Crippen MR) is 60.3 cm³/mol. The van der Waals surface area contributed by atoms with Gasteiger partial charge in [0.1, 0.15) is 0 Å². The van der Waals surface area contributed by atoms with Gasteiger partial charge in [0, 0.05) is 12.1 Å². The van der Waals surface area contributed by atoms with Crippen molar-refractivity contribution < 1.29 is 5.11 Å². The van der Waals surface area contributed by atoms with Gasteiger partial charge in [-0.3, -0.25) is 0 Å². The number of rotatable bonds is 2. The summed E-state index contributed by atoms with van der Waals surface area (Å²) in [5.41, 5.74) is -0.483. The third-order valence-corrected chi connectivity index (χ3v) is 3.58. The lowest BCUT2D eigenvalue weighted by atomic mass is 9.83. The molecule has 2 heteroatoms. The molecular formula is C12H25NO. The number of aliphatic hydroxyl groups is 1. The second kappa shape index (κ2) is 4.63. The average Bonchev–Trinajstić information content (AvgIpc) is 2.17. The standard InChI is InChI=1S/C12H25NO/c1-9(2)13-11-7-5-6-8-12(4,14)10(11)3/h9-11,13-14H,5-8H2,1-4H3/t10?,11-,12-/m0/s1. The molecule has 0 radical (unpaired) electrons. The molecule has 0 spiro atoms. The van der Waals surface area contributed by atoms with Crippen molar-refractivity contribution in [2.75, 3.05) is 0 Å². The molecule has 0 saturated heterocycles. The minimum absolute atomic E-state index is 0.354. The van der Waals surface area contributed by atoms with Gasteiger partial charge in [0.2, 0.25) is 0 Å². The van der Waals surface area contributed by atoms with Gasteiger partial charge in [-0.2, -0.15) is 0 Å². The molecule has 2 nitrogen and oxygen atoms in total. The Hall–Kier alpha value is -0.0800. The van der Waals surface area contributed by atoms with Gasteiger partial charge in [-0.25, -0.2) is 0 Å². The summed E-state index contributed by atoms with van der Waals surface area (Å²) < 4.78 is 0. The van der Waals surface area contributed by atoms with E-state index in [1.54, 1.807) is 0 Å². The van der Waals surface area contributed by atoms with E-state index in [4.69, 9.17) is 0 Å². The van der Waals surface area contributed by atoms with Crippen molar-refractivity contribution in [3.05, 3.63) is 0 Å². The zero-order valence-electron chi connectivity index (χ0n) is 10.0. The van der Waals surface area contributed by atoms with Crippen LogP contribution in [0.4, 0.5) is 0 Å². The molecule has 0 aliphatic heterocycles. The Labute approximate surface area is 88.1 Å². The number of nitrogens with one attached hydrogen (secondary N) is 1. The first kappa shape index (κ1) is 12.0. The van der Waals surface area contributed by atoms with Gasteiger partial charge in [0.25, 0.3) is 0 Å². The molecular weight excluding hydrogens is 174 g/mol. The zero-order chi connectivity index (χ0) is 10.8. The summed E-state index contributed by atoms with van der Waals surface area (Å²) in [4.78, 5) is 0. The highest BCUT2D eigenvalue weighted by atomic mass is 16.3. The summed E-state index contributed by atoms with van der Waals surface area (Å²) in [5.74, 6) is 0.354. The maximum atomic E-state index is 10.3. The van der Waals surface area contributed by atoms with Crippen molar-refractivity contribution in [2.24, 2.45) is 5.92 Å². The molecule has 1 saturated carbocycles. The highest BCUT2D eigenvalue weighted by Gasteiger charge is 2.35. The third-order valence-electron chi connectivity index (χ3n) is 3.58. The van der Waals surface area contributed by atoms with Crippen LogP contribution >= 0.6 is 0 Å². The fourth-order valence-corrected chi connectivity index (χ4v) is 2.41.